The van der Waals surface area contributed by atoms with Crippen LogP contribution in [-0.4, -0.2) is 35.6 Å². The Morgan fingerprint density at radius 2 is 1.84 bits per heavy atom. The Balaban J connectivity index is 1.84. The SMILES string of the molecule is COC(c1ccccc1)C1CN(Cc2ccccc2)/C(=N/O)NC1=O. The highest BCUT2D eigenvalue weighted by Crippen LogP contribution is 2.29. The number of hydrogen-bond acceptors (Lipinski definition) is 4. The first-order valence-electron chi connectivity index (χ1n) is 8.12. The van der Waals surface area contributed by atoms with Gasteiger partial charge in [0.05, 0.1) is 12.0 Å². The first-order chi connectivity index (χ1) is 12.2. The van der Waals surface area contributed by atoms with E-state index in [2.05, 4.69) is 10.5 Å². The van der Waals surface area contributed by atoms with Crippen LogP contribution in [0.25, 0.3) is 0 Å². The minimum Gasteiger partial charge on any atom is -0.408 e. The maximum atomic E-state index is 12.5. The van der Waals surface area contributed by atoms with E-state index in [9.17, 15) is 10.0 Å². The van der Waals surface area contributed by atoms with Crippen molar-refractivity contribution >= 4 is 11.9 Å². The van der Waals surface area contributed by atoms with Gasteiger partial charge in [0, 0.05) is 20.2 Å². The fraction of sp³-hybridized carbons (Fsp3) is 0.263. The molecular formula is C19H21N3O3. The van der Waals surface area contributed by atoms with E-state index >= 15 is 0 Å². The fourth-order valence-corrected chi connectivity index (χ4v) is 3.13. The molecule has 6 heteroatoms. The number of carbonyl (C=O) groups is 1. The summed E-state index contributed by atoms with van der Waals surface area (Å²) < 4.78 is 5.62. The molecule has 25 heavy (non-hydrogen) atoms. The third-order valence-corrected chi connectivity index (χ3v) is 4.35. The van der Waals surface area contributed by atoms with Crippen molar-refractivity contribution in [2.45, 2.75) is 12.6 Å². The molecule has 0 bridgehead atoms. The number of amides is 1. The molecule has 0 spiro atoms. The predicted molar refractivity (Wildman–Crippen MR) is 93.9 cm³/mol. The molecule has 1 saturated heterocycles. The highest BCUT2D eigenvalue weighted by Gasteiger charge is 2.37. The fourth-order valence-electron chi connectivity index (χ4n) is 3.13. The van der Waals surface area contributed by atoms with Gasteiger partial charge in [0.1, 0.15) is 0 Å². The maximum Gasteiger partial charge on any atom is 0.242 e. The maximum absolute atomic E-state index is 12.5. The molecule has 0 aliphatic carbocycles. The van der Waals surface area contributed by atoms with Gasteiger partial charge in [0.15, 0.2) is 0 Å². The van der Waals surface area contributed by atoms with Crippen LogP contribution >= 0.6 is 0 Å². The average Bonchev–Trinajstić information content (AvgIpc) is 2.66. The van der Waals surface area contributed by atoms with Crippen molar-refractivity contribution in [3.63, 3.8) is 0 Å². The number of hydrogen-bond donors (Lipinski definition) is 2. The van der Waals surface area contributed by atoms with E-state index in [1.165, 1.54) is 0 Å². The van der Waals surface area contributed by atoms with Crippen molar-refractivity contribution < 1.29 is 14.7 Å². The third kappa shape index (κ3) is 3.80. The summed E-state index contributed by atoms with van der Waals surface area (Å²) in [5.74, 6) is -0.470. The average molecular weight is 339 g/mol. The van der Waals surface area contributed by atoms with Gasteiger partial charge in [-0.2, -0.15) is 0 Å². The summed E-state index contributed by atoms with van der Waals surface area (Å²) in [5, 5.41) is 15.2. The highest BCUT2D eigenvalue weighted by molar-refractivity contribution is 6.00. The van der Waals surface area contributed by atoms with E-state index in [1.54, 1.807) is 7.11 Å². The first-order valence-corrected chi connectivity index (χ1v) is 8.12. The Bertz CT molecular complexity index is 734. The molecule has 0 saturated carbocycles. The van der Waals surface area contributed by atoms with Crippen LogP contribution in [-0.2, 0) is 16.1 Å². The minimum absolute atomic E-state index is 0.160. The van der Waals surface area contributed by atoms with E-state index in [0.717, 1.165) is 11.1 Å². The second-order valence-corrected chi connectivity index (χ2v) is 5.95. The molecule has 1 amide bonds. The quantitative estimate of drug-likeness (QED) is 0.648. The van der Waals surface area contributed by atoms with Crippen molar-refractivity contribution in [3.8, 4) is 0 Å². The van der Waals surface area contributed by atoms with Gasteiger partial charge in [-0.05, 0) is 11.1 Å². The van der Waals surface area contributed by atoms with Crippen LogP contribution < -0.4 is 5.32 Å². The zero-order valence-electron chi connectivity index (χ0n) is 14.0. The summed E-state index contributed by atoms with van der Waals surface area (Å²) in [6, 6.07) is 19.5. The summed E-state index contributed by atoms with van der Waals surface area (Å²) >= 11 is 0. The van der Waals surface area contributed by atoms with Crippen molar-refractivity contribution in [1.82, 2.24) is 10.2 Å². The summed E-state index contributed by atoms with van der Waals surface area (Å²) in [6.45, 7) is 0.926. The normalized spacial score (nSPS) is 20.4. The standard InChI is InChI=1S/C19H21N3O3/c1-25-17(15-10-6-3-7-11-15)16-13-22(19(21-24)20-18(16)23)12-14-8-4-2-5-9-14/h2-11,16-17,24H,12-13H2,1H3,(H,20,21,23). The summed E-state index contributed by atoms with van der Waals surface area (Å²) in [7, 11) is 1.60. The van der Waals surface area contributed by atoms with Crippen LogP contribution in [0.4, 0.5) is 0 Å². The Kier molecular flexibility index (Phi) is 5.30. The second-order valence-electron chi connectivity index (χ2n) is 5.95. The van der Waals surface area contributed by atoms with E-state index in [4.69, 9.17) is 4.74 Å². The number of guanidine groups is 1. The summed E-state index contributed by atoms with van der Waals surface area (Å²) in [6.07, 6.45) is -0.375. The number of carbonyl (C=O) groups excluding carboxylic acids is 1. The van der Waals surface area contributed by atoms with E-state index in [1.807, 2.05) is 65.6 Å². The second kappa shape index (κ2) is 7.81. The van der Waals surface area contributed by atoms with Gasteiger partial charge in [-0.25, -0.2) is 0 Å². The zero-order chi connectivity index (χ0) is 17.6. The number of nitrogens with zero attached hydrogens (tertiary/aromatic N) is 2. The van der Waals surface area contributed by atoms with Crippen molar-refractivity contribution in [2.75, 3.05) is 13.7 Å². The topological polar surface area (TPSA) is 74.2 Å². The molecule has 2 unspecified atom stereocenters. The zero-order valence-corrected chi connectivity index (χ0v) is 14.0. The number of benzene rings is 2. The van der Waals surface area contributed by atoms with Gasteiger partial charge < -0.3 is 14.8 Å². The summed E-state index contributed by atoms with van der Waals surface area (Å²) in [4.78, 5) is 14.4. The molecule has 1 heterocycles. The lowest BCUT2D eigenvalue weighted by Crippen LogP contribution is -2.56. The Labute approximate surface area is 146 Å². The number of oxime groups is 1. The minimum atomic E-state index is -0.415. The van der Waals surface area contributed by atoms with Gasteiger partial charge in [-0.15, -0.1) is 0 Å². The van der Waals surface area contributed by atoms with Gasteiger partial charge >= 0.3 is 0 Å². The van der Waals surface area contributed by atoms with Crippen molar-refractivity contribution in [1.29, 1.82) is 0 Å². The van der Waals surface area contributed by atoms with Crippen LogP contribution in [0.1, 0.15) is 17.2 Å². The van der Waals surface area contributed by atoms with Crippen molar-refractivity contribution in [3.05, 3.63) is 71.8 Å². The molecular weight excluding hydrogens is 318 g/mol. The summed E-state index contributed by atoms with van der Waals surface area (Å²) in [5.41, 5.74) is 2.00. The largest absolute Gasteiger partial charge is 0.408 e. The van der Waals surface area contributed by atoms with Crippen LogP contribution in [0.15, 0.2) is 65.8 Å². The van der Waals surface area contributed by atoms with E-state index in [0.29, 0.717) is 13.1 Å². The molecule has 130 valence electrons. The molecule has 3 rings (SSSR count). The number of nitrogens with one attached hydrogen (secondary N) is 1. The van der Waals surface area contributed by atoms with E-state index in [-0.39, 0.29) is 18.0 Å². The Morgan fingerprint density at radius 3 is 2.44 bits per heavy atom. The molecule has 2 aromatic carbocycles. The van der Waals surface area contributed by atoms with Crippen molar-refractivity contribution in [2.24, 2.45) is 11.1 Å². The van der Waals surface area contributed by atoms with Gasteiger partial charge in [0.25, 0.3) is 0 Å². The van der Waals surface area contributed by atoms with Gasteiger partial charge in [-0.3, -0.25) is 10.1 Å². The number of rotatable bonds is 5. The molecule has 2 aromatic rings. The number of methoxy groups -OCH3 is 1. The van der Waals surface area contributed by atoms with Crippen LogP contribution in [0.3, 0.4) is 0 Å². The monoisotopic (exact) mass is 339 g/mol. The highest BCUT2D eigenvalue weighted by atomic mass is 16.5. The number of ether oxygens (including phenoxy) is 1. The van der Waals surface area contributed by atoms with Crippen LogP contribution in [0.5, 0.6) is 0 Å². The molecule has 1 fully saturated rings. The lowest BCUT2D eigenvalue weighted by Gasteiger charge is -2.37. The Morgan fingerprint density at radius 1 is 1.20 bits per heavy atom. The van der Waals surface area contributed by atoms with Crippen LogP contribution in [0.2, 0.25) is 0 Å². The van der Waals surface area contributed by atoms with Gasteiger partial charge in [0.2, 0.25) is 11.9 Å². The molecule has 6 nitrogen and oxygen atoms in total. The predicted octanol–water partition coefficient (Wildman–Crippen LogP) is 2.37. The third-order valence-electron chi connectivity index (χ3n) is 4.35. The van der Waals surface area contributed by atoms with Gasteiger partial charge in [-0.1, -0.05) is 65.8 Å². The lowest BCUT2D eigenvalue weighted by atomic mass is 9.92. The molecule has 0 aromatic heterocycles. The molecule has 2 N–H and O–H groups in total. The Hall–Kier alpha value is -2.86. The van der Waals surface area contributed by atoms with E-state index < -0.39 is 5.92 Å². The molecule has 2 atom stereocenters. The first kappa shape index (κ1) is 17.0. The van der Waals surface area contributed by atoms with Crippen LogP contribution in [0, 0.1) is 5.92 Å². The smallest absolute Gasteiger partial charge is 0.242 e. The molecule has 1 aliphatic heterocycles. The molecule has 1 aliphatic rings. The lowest BCUT2D eigenvalue weighted by molar-refractivity contribution is -0.130. The molecule has 0 radical (unpaired) electrons.